The summed E-state index contributed by atoms with van der Waals surface area (Å²) >= 11 is 6.13. The van der Waals surface area contributed by atoms with Gasteiger partial charge in [-0.3, -0.25) is 0 Å². The highest BCUT2D eigenvalue weighted by Gasteiger charge is 2.24. The molecule has 0 aliphatic carbocycles. The number of halogens is 2. The normalized spacial score (nSPS) is 16.6. The number of aromatic amines is 1. The first kappa shape index (κ1) is 20.4. The van der Waals surface area contributed by atoms with Gasteiger partial charge >= 0.3 is 6.03 Å². The molecular formula is C21H24ClFN6O. The van der Waals surface area contributed by atoms with Gasteiger partial charge < -0.3 is 20.5 Å². The number of nitrogens with one attached hydrogen (secondary N) is 3. The van der Waals surface area contributed by atoms with Crippen molar-refractivity contribution in [1.82, 2.24) is 25.2 Å². The highest BCUT2D eigenvalue weighted by atomic mass is 35.5. The quantitative estimate of drug-likeness (QED) is 0.559. The number of carbonyl (C=O) groups is 1. The average Bonchev–Trinajstić information content (AvgIpc) is 3.17. The zero-order valence-electron chi connectivity index (χ0n) is 16.7. The highest BCUT2D eigenvalue weighted by molar-refractivity contribution is 6.31. The van der Waals surface area contributed by atoms with E-state index < -0.39 is 5.82 Å². The largest absolute Gasteiger partial charge is 0.363 e. The van der Waals surface area contributed by atoms with Gasteiger partial charge in [-0.25, -0.2) is 19.2 Å². The third kappa shape index (κ3) is 4.33. The Hall–Kier alpha value is -2.87. The van der Waals surface area contributed by atoms with Crippen LogP contribution in [0, 0.1) is 5.82 Å². The van der Waals surface area contributed by atoms with Crippen LogP contribution in [0.15, 0.2) is 30.6 Å². The maximum Gasteiger partial charge on any atom is 0.317 e. The fraction of sp³-hybridized carbons (Fsp3) is 0.381. The molecule has 1 aromatic carbocycles. The fourth-order valence-corrected chi connectivity index (χ4v) is 3.86. The Balaban J connectivity index is 1.53. The van der Waals surface area contributed by atoms with Crippen molar-refractivity contribution in [3.8, 4) is 11.4 Å². The van der Waals surface area contributed by atoms with Crippen LogP contribution in [0.4, 0.5) is 15.0 Å². The lowest BCUT2D eigenvalue weighted by atomic mass is 10.1. The van der Waals surface area contributed by atoms with Crippen LogP contribution in [0.2, 0.25) is 5.02 Å². The van der Waals surface area contributed by atoms with Gasteiger partial charge in [0.05, 0.1) is 6.20 Å². The number of carbonyl (C=O) groups excluding carboxylic acids is 1. The zero-order chi connectivity index (χ0) is 21.1. The van der Waals surface area contributed by atoms with E-state index in [1.54, 1.807) is 17.2 Å². The number of benzene rings is 1. The van der Waals surface area contributed by atoms with Crippen molar-refractivity contribution in [1.29, 1.82) is 0 Å². The number of anilines is 1. The van der Waals surface area contributed by atoms with Crippen molar-refractivity contribution in [3.63, 3.8) is 0 Å². The van der Waals surface area contributed by atoms with E-state index in [9.17, 15) is 9.18 Å². The number of hydrogen-bond acceptors (Lipinski definition) is 4. The van der Waals surface area contributed by atoms with Crippen LogP contribution in [0.25, 0.3) is 22.3 Å². The molecule has 30 heavy (non-hydrogen) atoms. The average molecular weight is 431 g/mol. The fourth-order valence-electron chi connectivity index (χ4n) is 3.69. The van der Waals surface area contributed by atoms with E-state index in [1.165, 1.54) is 6.20 Å². The summed E-state index contributed by atoms with van der Waals surface area (Å²) in [4.78, 5) is 25.8. The smallest absolute Gasteiger partial charge is 0.317 e. The Morgan fingerprint density at radius 3 is 3.13 bits per heavy atom. The molecule has 2 amide bonds. The second-order valence-electron chi connectivity index (χ2n) is 7.44. The highest BCUT2D eigenvalue weighted by Crippen LogP contribution is 2.29. The molecule has 0 bridgehead atoms. The number of urea groups is 1. The molecule has 1 unspecified atom stereocenters. The number of likely N-dealkylation sites (tertiary alicyclic amines) is 1. The molecule has 9 heteroatoms. The Kier molecular flexibility index (Phi) is 6.03. The molecule has 0 radical (unpaired) electrons. The van der Waals surface area contributed by atoms with Gasteiger partial charge in [0.1, 0.15) is 0 Å². The lowest BCUT2D eigenvalue weighted by molar-refractivity contribution is 0.182. The molecule has 2 aromatic heterocycles. The summed E-state index contributed by atoms with van der Waals surface area (Å²) in [5.41, 5.74) is 1.65. The molecular weight excluding hydrogens is 407 g/mol. The van der Waals surface area contributed by atoms with Crippen LogP contribution in [0.1, 0.15) is 26.2 Å². The van der Waals surface area contributed by atoms with Crippen molar-refractivity contribution >= 4 is 34.4 Å². The van der Waals surface area contributed by atoms with Crippen molar-refractivity contribution in [3.05, 3.63) is 41.4 Å². The molecule has 158 valence electrons. The molecule has 1 aliphatic heterocycles. The van der Waals surface area contributed by atoms with Gasteiger partial charge in [-0.15, -0.1) is 0 Å². The van der Waals surface area contributed by atoms with E-state index in [0.29, 0.717) is 30.5 Å². The van der Waals surface area contributed by atoms with E-state index in [1.807, 2.05) is 19.1 Å². The summed E-state index contributed by atoms with van der Waals surface area (Å²) in [6.45, 7) is 3.85. The monoisotopic (exact) mass is 430 g/mol. The van der Waals surface area contributed by atoms with Gasteiger partial charge in [0.2, 0.25) is 0 Å². The number of piperidine rings is 1. The molecule has 3 N–H and O–H groups in total. The summed E-state index contributed by atoms with van der Waals surface area (Å²) in [5, 5.41) is 7.54. The lowest BCUT2D eigenvalue weighted by Crippen LogP contribution is -2.49. The first-order valence-electron chi connectivity index (χ1n) is 10.1. The van der Waals surface area contributed by atoms with E-state index in [-0.39, 0.29) is 17.9 Å². The summed E-state index contributed by atoms with van der Waals surface area (Å²) in [6, 6.07) is 5.35. The number of aromatic nitrogens is 3. The van der Waals surface area contributed by atoms with Gasteiger partial charge in [-0.2, -0.15) is 0 Å². The van der Waals surface area contributed by atoms with E-state index in [2.05, 4.69) is 25.6 Å². The van der Waals surface area contributed by atoms with Crippen LogP contribution in [0.5, 0.6) is 0 Å². The summed E-state index contributed by atoms with van der Waals surface area (Å²) in [5.74, 6) is 0.0159. The molecule has 1 saturated heterocycles. The second kappa shape index (κ2) is 8.87. The van der Waals surface area contributed by atoms with Gasteiger partial charge in [0.25, 0.3) is 0 Å². The molecule has 4 rings (SSSR count). The van der Waals surface area contributed by atoms with Gasteiger partial charge in [-0.05, 0) is 37.5 Å². The molecule has 0 saturated carbocycles. The minimum Gasteiger partial charge on any atom is -0.363 e. The topological polar surface area (TPSA) is 85.9 Å². The van der Waals surface area contributed by atoms with Crippen LogP contribution < -0.4 is 10.6 Å². The number of nitrogens with zero attached hydrogens (tertiary/aromatic N) is 3. The predicted molar refractivity (Wildman–Crippen MR) is 116 cm³/mol. The third-order valence-electron chi connectivity index (χ3n) is 5.20. The Bertz CT molecular complexity index is 1060. The number of H-pyrrole nitrogens is 1. The van der Waals surface area contributed by atoms with Crippen LogP contribution >= 0.6 is 11.6 Å². The van der Waals surface area contributed by atoms with Gasteiger partial charge in [0.15, 0.2) is 17.5 Å². The molecule has 1 fully saturated rings. The number of rotatable bonds is 5. The standard InChI is InChI=1S/C21H24ClFN6O/c1-2-7-24-21(30)29-8-3-4-14(12-29)27-20-17(23)11-26-19(28-20)16-10-25-18-6-5-13(22)9-15(16)18/h5-6,9-11,14,25H,2-4,7-8,12H2,1H3,(H,24,30)(H,26,27,28). The predicted octanol–water partition coefficient (Wildman–Crippen LogP) is 4.41. The molecule has 7 nitrogen and oxygen atoms in total. The van der Waals surface area contributed by atoms with Crippen LogP contribution in [-0.2, 0) is 0 Å². The van der Waals surface area contributed by atoms with Gasteiger partial charge in [0, 0.05) is 53.4 Å². The lowest BCUT2D eigenvalue weighted by Gasteiger charge is -2.33. The maximum atomic E-state index is 14.5. The van der Waals surface area contributed by atoms with Crippen molar-refractivity contribution < 1.29 is 9.18 Å². The van der Waals surface area contributed by atoms with Crippen LogP contribution in [0.3, 0.4) is 0 Å². The first-order valence-corrected chi connectivity index (χ1v) is 10.5. The SMILES string of the molecule is CCCNC(=O)N1CCCC(Nc2nc(-c3c[nH]c4ccc(Cl)cc34)ncc2F)C1. The minimum absolute atomic E-state index is 0.0807. The van der Waals surface area contributed by atoms with E-state index in [4.69, 9.17) is 11.6 Å². The Morgan fingerprint density at radius 2 is 2.30 bits per heavy atom. The molecule has 1 aliphatic rings. The summed E-state index contributed by atoms with van der Waals surface area (Å²) < 4.78 is 14.5. The number of hydrogen-bond donors (Lipinski definition) is 3. The van der Waals surface area contributed by atoms with Crippen molar-refractivity contribution in [2.24, 2.45) is 0 Å². The zero-order valence-corrected chi connectivity index (χ0v) is 17.5. The number of fused-ring (bicyclic) bond motifs is 1. The minimum atomic E-state index is -0.524. The molecule has 1 atom stereocenters. The molecule has 3 heterocycles. The Morgan fingerprint density at radius 1 is 1.43 bits per heavy atom. The second-order valence-corrected chi connectivity index (χ2v) is 7.88. The van der Waals surface area contributed by atoms with Gasteiger partial charge in [-0.1, -0.05) is 18.5 Å². The number of amides is 2. The third-order valence-corrected chi connectivity index (χ3v) is 5.44. The van der Waals surface area contributed by atoms with Crippen LogP contribution in [-0.4, -0.2) is 51.6 Å². The van der Waals surface area contributed by atoms with Crippen molar-refractivity contribution in [2.75, 3.05) is 25.0 Å². The van der Waals surface area contributed by atoms with E-state index in [0.717, 1.165) is 35.7 Å². The summed E-state index contributed by atoms with van der Waals surface area (Å²) in [7, 11) is 0. The molecule has 0 spiro atoms. The molecule has 3 aromatic rings. The first-order chi connectivity index (χ1) is 14.5. The Labute approximate surface area is 179 Å². The maximum absolute atomic E-state index is 14.5. The summed E-state index contributed by atoms with van der Waals surface area (Å²) in [6.07, 6.45) is 5.52. The van der Waals surface area contributed by atoms with E-state index >= 15 is 0 Å². The van der Waals surface area contributed by atoms with Crippen molar-refractivity contribution in [2.45, 2.75) is 32.2 Å².